The Kier molecular flexibility index (Phi) is 16.4. The van der Waals surface area contributed by atoms with Gasteiger partial charge in [-0.2, -0.15) is 39.5 Å². The van der Waals surface area contributed by atoms with Gasteiger partial charge >= 0.3 is 36.4 Å². The van der Waals surface area contributed by atoms with Crippen LogP contribution in [0.15, 0.2) is 24.4 Å². The summed E-state index contributed by atoms with van der Waals surface area (Å²) in [5.74, 6) is -7.98. The lowest BCUT2D eigenvalue weighted by atomic mass is 9.99. The SMILES string of the molecule is CN(C)CCOCC1CN(Cc2ccccn2)Cc2nnn(C)c21.O=C(O)C(F)(F)F.O=C(O)C(F)(F)F.O=C(O)C(F)(F)F. The first-order valence-corrected chi connectivity index (χ1v) is 12.1. The van der Waals surface area contributed by atoms with Crippen molar-refractivity contribution in [1.29, 1.82) is 0 Å². The molecule has 0 aliphatic carbocycles. The number of nitrogens with zero attached hydrogens (tertiary/aromatic N) is 6. The Bertz CT molecular complexity index is 1150. The number of hydrogen-bond acceptors (Lipinski definition) is 9. The van der Waals surface area contributed by atoms with E-state index in [1.807, 2.05) is 30.1 Å². The van der Waals surface area contributed by atoms with Crippen LogP contribution in [0.2, 0.25) is 0 Å². The van der Waals surface area contributed by atoms with Crippen molar-refractivity contribution in [2.75, 3.05) is 40.4 Å². The van der Waals surface area contributed by atoms with Crippen LogP contribution >= 0.6 is 0 Å². The van der Waals surface area contributed by atoms with Gasteiger partial charge in [0, 0.05) is 45.3 Å². The summed E-state index contributed by atoms with van der Waals surface area (Å²) in [6, 6.07) is 6.04. The number of aryl methyl sites for hydroxylation is 1. The Labute approximate surface area is 248 Å². The number of aromatic nitrogens is 4. The second kappa shape index (κ2) is 18.0. The fraction of sp³-hybridized carbons (Fsp3) is 0.565. The van der Waals surface area contributed by atoms with Gasteiger partial charge in [0.1, 0.15) is 5.69 Å². The van der Waals surface area contributed by atoms with E-state index in [4.69, 9.17) is 34.4 Å². The lowest BCUT2D eigenvalue weighted by Gasteiger charge is -2.32. The van der Waals surface area contributed by atoms with E-state index in [0.29, 0.717) is 12.5 Å². The summed E-state index contributed by atoms with van der Waals surface area (Å²) in [7, 11) is 6.08. The average Bonchev–Trinajstić information content (AvgIpc) is 3.27. The molecule has 45 heavy (non-hydrogen) atoms. The minimum Gasteiger partial charge on any atom is -0.475 e. The van der Waals surface area contributed by atoms with E-state index in [1.165, 1.54) is 5.69 Å². The van der Waals surface area contributed by atoms with Crippen LogP contribution in [0.1, 0.15) is 23.0 Å². The van der Waals surface area contributed by atoms with Crippen molar-refractivity contribution in [3.63, 3.8) is 0 Å². The number of carboxylic acids is 3. The van der Waals surface area contributed by atoms with Crippen molar-refractivity contribution in [3.8, 4) is 0 Å². The Morgan fingerprint density at radius 1 is 0.933 bits per heavy atom. The van der Waals surface area contributed by atoms with Crippen molar-refractivity contribution in [2.24, 2.45) is 7.05 Å². The van der Waals surface area contributed by atoms with Crippen molar-refractivity contribution in [2.45, 2.75) is 37.5 Å². The number of rotatable bonds is 7. The predicted molar refractivity (Wildman–Crippen MR) is 133 cm³/mol. The second-order valence-corrected chi connectivity index (χ2v) is 9.02. The highest BCUT2D eigenvalue weighted by Crippen LogP contribution is 2.27. The van der Waals surface area contributed by atoms with Crippen LogP contribution in [-0.4, -0.2) is 122 Å². The van der Waals surface area contributed by atoms with Gasteiger partial charge in [-0.1, -0.05) is 11.3 Å². The molecule has 22 heteroatoms. The number of alkyl halides is 9. The van der Waals surface area contributed by atoms with E-state index in [0.717, 1.165) is 44.2 Å². The molecule has 3 heterocycles. The van der Waals surface area contributed by atoms with Crippen molar-refractivity contribution < 1.29 is 74.0 Å². The molecular formula is C23H29F9N6O7. The zero-order valence-electron chi connectivity index (χ0n) is 23.7. The maximum atomic E-state index is 10.6. The van der Waals surface area contributed by atoms with Gasteiger partial charge in [-0.05, 0) is 26.2 Å². The summed E-state index contributed by atoms with van der Waals surface area (Å²) in [5, 5.41) is 29.9. The third kappa shape index (κ3) is 17.1. The maximum absolute atomic E-state index is 10.6. The molecule has 0 saturated carbocycles. The van der Waals surface area contributed by atoms with Crippen LogP contribution in [-0.2, 0) is 39.3 Å². The van der Waals surface area contributed by atoms with Crippen molar-refractivity contribution in [3.05, 3.63) is 41.5 Å². The van der Waals surface area contributed by atoms with Gasteiger partial charge in [0.25, 0.3) is 0 Å². The lowest BCUT2D eigenvalue weighted by molar-refractivity contribution is -0.193. The lowest BCUT2D eigenvalue weighted by Crippen LogP contribution is -2.36. The number of pyridine rings is 1. The number of likely N-dealkylation sites (N-methyl/N-ethyl adjacent to an activating group) is 1. The zero-order chi connectivity index (χ0) is 35.2. The number of halogens is 9. The van der Waals surface area contributed by atoms with E-state index in [-0.39, 0.29) is 0 Å². The van der Waals surface area contributed by atoms with E-state index in [2.05, 4.69) is 45.3 Å². The summed E-state index contributed by atoms with van der Waals surface area (Å²) in [6.07, 6.45) is -13.4. The van der Waals surface area contributed by atoms with Crippen LogP contribution in [0.4, 0.5) is 39.5 Å². The number of aliphatic carboxylic acids is 3. The topological polar surface area (TPSA) is 171 Å². The fourth-order valence-corrected chi connectivity index (χ4v) is 3.14. The monoisotopic (exact) mass is 672 g/mol. The molecule has 1 aliphatic rings. The summed E-state index contributed by atoms with van der Waals surface area (Å²) in [6.45, 7) is 4.94. The molecule has 0 saturated heterocycles. The van der Waals surface area contributed by atoms with Crippen LogP contribution in [0, 0.1) is 0 Å². The first-order valence-electron chi connectivity index (χ1n) is 12.1. The van der Waals surface area contributed by atoms with Crippen LogP contribution in [0.25, 0.3) is 0 Å². The summed E-state index contributed by atoms with van der Waals surface area (Å²) >= 11 is 0. The molecule has 0 spiro atoms. The molecule has 3 rings (SSSR count). The highest BCUT2D eigenvalue weighted by molar-refractivity contribution is 5.73. The number of carbonyl (C=O) groups is 3. The highest BCUT2D eigenvalue weighted by Gasteiger charge is 2.39. The molecule has 0 radical (unpaired) electrons. The van der Waals surface area contributed by atoms with Crippen LogP contribution in [0.5, 0.6) is 0 Å². The normalized spacial score (nSPS) is 14.9. The number of ether oxygens (including phenoxy) is 1. The average molecular weight is 673 g/mol. The first kappa shape index (κ1) is 41.0. The van der Waals surface area contributed by atoms with Crippen molar-refractivity contribution >= 4 is 17.9 Å². The summed E-state index contributed by atoms with van der Waals surface area (Å²) < 4.78 is 103. The van der Waals surface area contributed by atoms with E-state index in [9.17, 15) is 39.5 Å². The summed E-state index contributed by atoms with van der Waals surface area (Å²) in [5.41, 5.74) is 3.34. The molecule has 2 aromatic rings. The molecule has 2 aromatic heterocycles. The third-order valence-electron chi connectivity index (χ3n) is 5.02. The Balaban J connectivity index is 0.000000753. The molecule has 256 valence electrons. The van der Waals surface area contributed by atoms with Gasteiger partial charge in [0.15, 0.2) is 0 Å². The zero-order valence-corrected chi connectivity index (χ0v) is 23.7. The molecule has 0 aromatic carbocycles. The van der Waals surface area contributed by atoms with Crippen molar-refractivity contribution in [1.82, 2.24) is 29.8 Å². The van der Waals surface area contributed by atoms with Gasteiger partial charge in [0.2, 0.25) is 0 Å². The number of hydrogen-bond donors (Lipinski definition) is 3. The fourth-order valence-electron chi connectivity index (χ4n) is 3.14. The molecule has 13 nitrogen and oxygen atoms in total. The second-order valence-electron chi connectivity index (χ2n) is 9.02. The molecule has 3 N–H and O–H groups in total. The van der Waals surface area contributed by atoms with Gasteiger partial charge in [-0.25, -0.2) is 14.4 Å². The standard InChI is InChI=1S/C17H26N6O.3C2HF3O2/c1-21(2)8-9-24-13-14-10-23(11-15-6-4-5-7-18-15)12-16-17(14)22(3)20-19-16;3*3-2(4,5)1(6)7/h4-7,14H,8-13H2,1-3H3;3*(H,6,7). The van der Waals surface area contributed by atoms with Gasteiger partial charge < -0.3 is 25.0 Å². The van der Waals surface area contributed by atoms with Crippen LogP contribution < -0.4 is 0 Å². The van der Waals surface area contributed by atoms with E-state index < -0.39 is 36.4 Å². The number of carboxylic acid groups (broad SMARTS) is 3. The summed E-state index contributed by atoms with van der Waals surface area (Å²) in [4.78, 5) is 35.6. The Morgan fingerprint density at radius 2 is 1.42 bits per heavy atom. The smallest absolute Gasteiger partial charge is 0.475 e. The predicted octanol–water partition coefficient (Wildman–Crippen LogP) is 2.79. The maximum Gasteiger partial charge on any atom is 0.490 e. The molecule has 0 fully saturated rings. The highest BCUT2D eigenvalue weighted by atomic mass is 19.4. The molecule has 1 unspecified atom stereocenters. The Hall–Kier alpha value is -4.05. The van der Waals surface area contributed by atoms with E-state index >= 15 is 0 Å². The first-order chi connectivity index (χ1) is 20.5. The molecule has 0 bridgehead atoms. The van der Waals surface area contributed by atoms with Gasteiger partial charge in [-0.15, -0.1) is 5.10 Å². The number of fused-ring (bicyclic) bond motifs is 1. The quantitative estimate of drug-likeness (QED) is 0.291. The van der Waals surface area contributed by atoms with Gasteiger partial charge in [-0.3, -0.25) is 14.6 Å². The largest absolute Gasteiger partial charge is 0.490 e. The minimum absolute atomic E-state index is 0.291. The molecule has 1 aliphatic heterocycles. The molecule has 0 amide bonds. The van der Waals surface area contributed by atoms with E-state index in [1.54, 1.807) is 0 Å². The van der Waals surface area contributed by atoms with Crippen LogP contribution in [0.3, 0.4) is 0 Å². The molecular weight excluding hydrogens is 643 g/mol. The van der Waals surface area contributed by atoms with Gasteiger partial charge in [0.05, 0.1) is 24.6 Å². The Morgan fingerprint density at radius 3 is 1.82 bits per heavy atom. The third-order valence-corrected chi connectivity index (χ3v) is 5.02. The minimum atomic E-state index is -5.08. The molecule has 1 atom stereocenters.